The molecule has 0 fully saturated rings. The van der Waals surface area contributed by atoms with Crippen LogP contribution in [0, 0.1) is 6.92 Å². The minimum atomic E-state index is -1.10. The second-order valence-electron chi connectivity index (χ2n) is 4.41. The number of rotatable bonds is 5. The molecule has 110 valence electrons. The molecule has 1 heterocycles. The van der Waals surface area contributed by atoms with Crippen molar-refractivity contribution in [3.63, 3.8) is 0 Å². The first kappa shape index (κ1) is 14.7. The van der Waals surface area contributed by atoms with Gasteiger partial charge in [-0.3, -0.25) is 9.48 Å². The molecular formula is C13H15N5O3. The molecule has 0 bridgehead atoms. The van der Waals surface area contributed by atoms with Gasteiger partial charge in [0.15, 0.2) is 5.69 Å². The molecule has 1 amide bonds. The maximum atomic E-state index is 12.1. The number of carbonyl (C=O) groups is 2. The SMILES string of the molecule is Cc1cccc(NC(=O)c2cn(CCN)nn2)c1C(=O)O. The Morgan fingerprint density at radius 2 is 2.19 bits per heavy atom. The van der Waals surface area contributed by atoms with Crippen LogP contribution in [0.1, 0.15) is 26.4 Å². The van der Waals surface area contributed by atoms with Gasteiger partial charge in [-0.25, -0.2) is 4.79 Å². The van der Waals surface area contributed by atoms with Crippen LogP contribution in [-0.4, -0.2) is 38.5 Å². The van der Waals surface area contributed by atoms with Gasteiger partial charge in [-0.1, -0.05) is 17.3 Å². The van der Waals surface area contributed by atoms with Crippen molar-refractivity contribution in [1.82, 2.24) is 15.0 Å². The number of carboxylic acid groups (broad SMARTS) is 1. The van der Waals surface area contributed by atoms with Gasteiger partial charge in [0.05, 0.1) is 24.0 Å². The Hall–Kier alpha value is -2.74. The van der Waals surface area contributed by atoms with E-state index in [0.717, 1.165) is 0 Å². The van der Waals surface area contributed by atoms with Crippen LogP contribution in [0.2, 0.25) is 0 Å². The third kappa shape index (κ3) is 3.23. The molecule has 0 aliphatic rings. The first-order chi connectivity index (χ1) is 10.0. The summed E-state index contributed by atoms with van der Waals surface area (Å²) >= 11 is 0. The monoisotopic (exact) mass is 289 g/mol. The minimum absolute atomic E-state index is 0.0557. The van der Waals surface area contributed by atoms with Crippen molar-refractivity contribution in [2.75, 3.05) is 11.9 Å². The first-order valence-corrected chi connectivity index (χ1v) is 6.27. The summed E-state index contributed by atoms with van der Waals surface area (Å²) in [6.45, 7) is 2.49. The highest BCUT2D eigenvalue weighted by Crippen LogP contribution is 2.20. The maximum Gasteiger partial charge on any atom is 0.338 e. The Bertz CT molecular complexity index is 680. The van der Waals surface area contributed by atoms with Crippen LogP contribution in [0.3, 0.4) is 0 Å². The molecule has 1 aromatic heterocycles. The van der Waals surface area contributed by atoms with Crippen molar-refractivity contribution in [2.45, 2.75) is 13.5 Å². The van der Waals surface area contributed by atoms with Gasteiger partial charge >= 0.3 is 5.97 Å². The number of aryl methyl sites for hydroxylation is 1. The lowest BCUT2D eigenvalue weighted by molar-refractivity contribution is 0.0697. The van der Waals surface area contributed by atoms with E-state index in [0.29, 0.717) is 18.7 Å². The topological polar surface area (TPSA) is 123 Å². The average Bonchev–Trinajstić information content (AvgIpc) is 2.87. The van der Waals surface area contributed by atoms with Gasteiger partial charge in [0.25, 0.3) is 5.91 Å². The van der Waals surface area contributed by atoms with E-state index in [1.54, 1.807) is 19.1 Å². The van der Waals surface area contributed by atoms with Gasteiger partial charge in [0, 0.05) is 6.54 Å². The third-order valence-electron chi connectivity index (χ3n) is 2.86. The van der Waals surface area contributed by atoms with Crippen molar-refractivity contribution in [3.05, 3.63) is 41.2 Å². The molecule has 0 atom stereocenters. The highest BCUT2D eigenvalue weighted by molar-refractivity contribution is 6.07. The Morgan fingerprint density at radius 1 is 1.43 bits per heavy atom. The molecule has 8 heteroatoms. The number of nitrogens with two attached hydrogens (primary N) is 1. The number of hydrogen-bond acceptors (Lipinski definition) is 5. The molecule has 2 aromatic rings. The van der Waals surface area contributed by atoms with E-state index in [9.17, 15) is 14.7 Å². The normalized spacial score (nSPS) is 10.4. The van der Waals surface area contributed by atoms with Gasteiger partial charge < -0.3 is 16.2 Å². The average molecular weight is 289 g/mol. The number of nitrogens with zero attached hydrogens (tertiary/aromatic N) is 3. The number of hydrogen-bond donors (Lipinski definition) is 3. The molecular weight excluding hydrogens is 274 g/mol. The summed E-state index contributed by atoms with van der Waals surface area (Å²) in [5.74, 6) is -1.62. The zero-order chi connectivity index (χ0) is 15.4. The van der Waals surface area contributed by atoms with E-state index in [-0.39, 0.29) is 16.9 Å². The van der Waals surface area contributed by atoms with Crippen LogP contribution in [0.5, 0.6) is 0 Å². The lowest BCUT2D eigenvalue weighted by Gasteiger charge is -2.09. The van der Waals surface area contributed by atoms with E-state index in [1.807, 2.05) is 0 Å². The van der Waals surface area contributed by atoms with Gasteiger partial charge in [0.2, 0.25) is 0 Å². The van der Waals surface area contributed by atoms with E-state index >= 15 is 0 Å². The van der Waals surface area contributed by atoms with Crippen LogP contribution in [0.25, 0.3) is 0 Å². The van der Waals surface area contributed by atoms with Crippen molar-refractivity contribution in [3.8, 4) is 0 Å². The van der Waals surface area contributed by atoms with Crippen molar-refractivity contribution >= 4 is 17.6 Å². The second-order valence-corrected chi connectivity index (χ2v) is 4.41. The Labute approximate surface area is 120 Å². The number of aromatic carboxylic acids is 1. The number of carboxylic acids is 1. The van der Waals surface area contributed by atoms with Crippen LogP contribution < -0.4 is 11.1 Å². The van der Waals surface area contributed by atoms with Crippen molar-refractivity contribution in [2.24, 2.45) is 5.73 Å². The Balaban J connectivity index is 2.23. The van der Waals surface area contributed by atoms with Crippen LogP contribution in [-0.2, 0) is 6.54 Å². The summed E-state index contributed by atoms with van der Waals surface area (Å²) in [5.41, 5.74) is 6.32. The summed E-state index contributed by atoms with van der Waals surface area (Å²) in [7, 11) is 0. The van der Waals surface area contributed by atoms with Gasteiger partial charge in [0.1, 0.15) is 0 Å². The molecule has 0 saturated heterocycles. The Kier molecular flexibility index (Phi) is 4.29. The lowest BCUT2D eigenvalue weighted by atomic mass is 10.1. The molecule has 1 aromatic carbocycles. The van der Waals surface area contributed by atoms with Crippen molar-refractivity contribution in [1.29, 1.82) is 0 Å². The fraction of sp³-hybridized carbons (Fsp3) is 0.231. The third-order valence-corrected chi connectivity index (χ3v) is 2.86. The van der Waals surface area contributed by atoms with Crippen LogP contribution in [0.15, 0.2) is 24.4 Å². The molecule has 0 aliphatic carbocycles. The summed E-state index contributed by atoms with van der Waals surface area (Å²) in [6.07, 6.45) is 1.46. The van der Waals surface area contributed by atoms with E-state index < -0.39 is 11.9 Å². The summed E-state index contributed by atoms with van der Waals surface area (Å²) < 4.78 is 1.45. The molecule has 0 saturated carbocycles. The fourth-order valence-electron chi connectivity index (χ4n) is 1.89. The zero-order valence-electron chi connectivity index (χ0n) is 11.4. The van der Waals surface area contributed by atoms with Gasteiger partial charge in [-0.2, -0.15) is 0 Å². The Morgan fingerprint density at radius 3 is 2.86 bits per heavy atom. The van der Waals surface area contributed by atoms with Crippen LogP contribution >= 0.6 is 0 Å². The van der Waals surface area contributed by atoms with Gasteiger partial charge in [-0.15, -0.1) is 5.10 Å². The predicted octanol–water partition coefficient (Wildman–Crippen LogP) is 0.496. The standard InChI is InChI=1S/C13H15N5O3/c1-8-3-2-4-9(11(8)13(20)21)15-12(19)10-7-18(6-5-14)17-16-10/h2-4,7H,5-6,14H2,1H3,(H,15,19)(H,20,21). The molecule has 2 rings (SSSR count). The molecule has 0 radical (unpaired) electrons. The quantitative estimate of drug-likeness (QED) is 0.736. The number of carbonyl (C=O) groups excluding carboxylic acids is 1. The molecule has 0 aliphatic heterocycles. The highest BCUT2D eigenvalue weighted by atomic mass is 16.4. The van der Waals surface area contributed by atoms with Gasteiger partial charge in [-0.05, 0) is 18.6 Å². The molecule has 21 heavy (non-hydrogen) atoms. The largest absolute Gasteiger partial charge is 0.478 e. The fourth-order valence-corrected chi connectivity index (χ4v) is 1.89. The number of benzene rings is 1. The number of aromatic nitrogens is 3. The predicted molar refractivity (Wildman–Crippen MR) is 75.2 cm³/mol. The second kappa shape index (κ2) is 6.14. The molecule has 4 N–H and O–H groups in total. The summed E-state index contributed by atoms with van der Waals surface area (Å²) in [6, 6.07) is 4.86. The maximum absolute atomic E-state index is 12.1. The molecule has 0 spiro atoms. The van der Waals surface area contributed by atoms with E-state index in [1.165, 1.54) is 16.9 Å². The number of nitrogens with one attached hydrogen (secondary N) is 1. The highest BCUT2D eigenvalue weighted by Gasteiger charge is 2.17. The summed E-state index contributed by atoms with van der Waals surface area (Å²) in [5, 5.41) is 19.2. The summed E-state index contributed by atoms with van der Waals surface area (Å²) in [4.78, 5) is 23.3. The lowest BCUT2D eigenvalue weighted by Crippen LogP contribution is -2.16. The minimum Gasteiger partial charge on any atom is -0.478 e. The smallest absolute Gasteiger partial charge is 0.338 e. The van der Waals surface area contributed by atoms with Crippen LogP contribution in [0.4, 0.5) is 5.69 Å². The van der Waals surface area contributed by atoms with E-state index in [2.05, 4.69) is 15.6 Å². The van der Waals surface area contributed by atoms with Crippen molar-refractivity contribution < 1.29 is 14.7 Å². The first-order valence-electron chi connectivity index (χ1n) is 6.27. The molecule has 8 nitrogen and oxygen atoms in total. The van der Waals surface area contributed by atoms with E-state index in [4.69, 9.17) is 5.73 Å². The molecule has 0 unspecified atom stereocenters. The number of anilines is 1. The zero-order valence-corrected chi connectivity index (χ0v) is 11.4. The number of amides is 1.